The third kappa shape index (κ3) is 3.18. The Labute approximate surface area is 116 Å². The lowest BCUT2D eigenvalue weighted by Crippen LogP contribution is -2.38. The number of ether oxygens (including phenoxy) is 1. The average Bonchev–Trinajstić information content (AvgIpc) is 3.12. The largest absolute Gasteiger partial charge is 0.381 e. The number of rotatable bonds is 5. The summed E-state index contributed by atoms with van der Waals surface area (Å²) in [6.45, 7) is 7.37. The number of hydrogen-bond acceptors (Lipinski definition) is 2. The van der Waals surface area contributed by atoms with E-state index in [2.05, 4.69) is 37.4 Å². The van der Waals surface area contributed by atoms with Crippen molar-refractivity contribution < 1.29 is 4.74 Å². The zero-order valence-corrected chi connectivity index (χ0v) is 12.2. The third-order valence-corrected chi connectivity index (χ3v) is 4.60. The Morgan fingerprint density at radius 2 is 2.16 bits per heavy atom. The van der Waals surface area contributed by atoms with E-state index in [4.69, 9.17) is 4.74 Å². The van der Waals surface area contributed by atoms with Crippen LogP contribution < -0.4 is 5.32 Å². The highest BCUT2D eigenvalue weighted by Crippen LogP contribution is 2.34. The van der Waals surface area contributed by atoms with Crippen LogP contribution in [-0.2, 0) is 11.2 Å². The topological polar surface area (TPSA) is 21.3 Å². The fraction of sp³-hybridized carbons (Fsp3) is 0.647. The first-order valence-electron chi connectivity index (χ1n) is 7.54. The molecule has 1 saturated heterocycles. The van der Waals surface area contributed by atoms with Crippen LogP contribution in [0.15, 0.2) is 18.2 Å². The second kappa shape index (κ2) is 5.26. The van der Waals surface area contributed by atoms with E-state index in [0.717, 1.165) is 32.2 Å². The van der Waals surface area contributed by atoms with E-state index in [1.165, 1.54) is 36.0 Å². The fourth-order valence-electron chi connectivity index (χ4n) is 3.03. The van der Waals surface area contributed by atoms with Crippen molar-refractivity contribution >= 4 is 0 Å². The van der Waals surface area contributed by atoms with Gasteiger partial charge in [0.05, 0.1) is 6.61 Å². The van der Waals surface area contributed by atoms with E-state index < -0.39 is 0 Å². The summed E-state index contributed by atoms with van der Waals surface area (Å²) in [7, 11) is 0. The molecule has 3 rings (SSSR count). The molecule has 1 heterocycles. The van der Waals surface area contributed by atoms with Gasteiger partial charge in [0.2, 0.25) is 0 Å². The zero-order valence-electron chi connectivity index (χ0n) is 12.2. The molecule has 2 aliphatic rings. The minimum Gasteiger partial charge on any atom is -0.381 e. The SMILES string of the molecule is Cc1ccc(C)c(CC2(CNC3CC3)CCOC2)c1. The lowest BCUT2D eigenvalue weighted by Gasteiger charge is -2.29. The van der Waals surface area contributed by atoms with Crippen molar-refractivity contribution in [1.82, 2.24) is 5.32 Å². The summed E-state index contributed by atoms with van der Waals surface area (Å²) in [5.41, 5.74) is 4.61. The van der Waals surface area contributed by atoms with Gasteiger partial charge in [-0.15, -0.1) is 0 Å². The van der Waals surface area contributed by atoms with Crippen molar-refractivity contribution in [2.24, 2.45) is 5.41 Å². The minimum atomic E-state index is 0.321. The highest BCUT2D eigenvalue weighted by molar-refractivity contribution is 5.31. The Morgan fingerprint density at radius 3 is 2.84 bits per heavy atom. The monoisotopic (exact) mass is 259 g/mol. The van der Waals surface area contributed by atoms with Crippen LogP contribution in [0.2, 0.25) is 0 Å². The van der Waals surface area contributed by atoms with Crippen LogP contribution in [-0.4, -0.2) is 25.8 Å². The van der Waals surface area contributed by atoms with E-state index in [1.54, 1.807) is 0 Å². The first-order valence-corrected chi connectivity index (χ1v) is 7.54. The molecule has 1 aliphatic carbocycles. The Hall–Kier alpha value is -0.860. The summed E-state index contributed by atoms with van der Waals surface area (Å²) in [6, 6.07) is 7.60. The molecule has 0 spiro atoms. The standard InChI is InChI=1S/C17H25NO/c1-13-3-4-14(2)15(9-13)10-17(7-8-19-12-17)11-18-16-5-6-16/h3-4,9,16,18H,5-8,10-12H2,1-2H3. The van der Waals surface area contributed by atoms with Crippen LogP contribution in [0.25, 0.3) is 0 Å². The van der Waals surface area contributed by atoms with Crippen LogP contribution in [0.3, 0.4) is 0 Å². The van der Waals surface area contributed by atoms with Gasteiger partial charge in [0.1, 0.15) is 0 Å². The summed E-state index contributed by atoms with van der Waals surface area (Å²) in [6.07, 6.45) is 5.07. The van der Waals surface area contributed by atoms with Crippen LogP contribution in [0.5, 0.6) is 0 Å². The minimum absolute atomic E-state index is 0.321. The van der Waals surface area contributed by atoms with Crippen LogP contribution >= 0.6 is 0 Å². The van der Waals surface area contributed by atoms with Crippen molar-refractivity contribution in [1.29, 1.82) is 0 Å². The van der Waals surface area contributed by atoms with Crippen LogP contribution in [0.4, 0.5) is 0 Å². The maximum absolute atomic E-state index is 5.72. The predicted octanol–water partition coefficient (Wildman–Crippen LogP) is 3.00. The molecule has 1 saturated carbocycles. The molecule has 1 atom stereocenters. The van der Waals surface area contributed by atoms with Gasteiger partial charge in [-0.2, -0.15) is 0 Å². The smallest absolute Gasteiger partial charge is 0.0538 e. The van der Waals surface area contributed by atoms with Crippen molar-refractivity contribution in [2.75, 3.05) is 19.8 Å². The van der Waals surface area contributed by atoms with Gasteiger partial charge in [-0.05, 0) is 50.7 Å². The van der Waals surface area contributed by atoms with Crippen molar-refractivity contribution in [3.05, 3.63) is 34.9 Å². The predicted molar refractivity (Wildman–Crippen MR) is 78.5 cm³/mol. The fourth-order valence-corrected chi connectivity index (χ4v) is 3.03. The Kier molecular flexibility index (Phi) is 3.64. The summed E-state index contributed by atoms with van der Waals surface area (Å²) < 4.78 is 5.72. The molecule has 2 heteroatoms. The molecule has 0 bridgehead atoms. The lowest BCUT2D eigenvalue weighted by atomic mass is 9.79. The molecule has 1 unspecified atom stereocenters. The Morgan fingerprint density at radius 1 is 1.32 bits per heavy atom. The Bertz CT molecular complexity index is 445. The zero-order chi connectivity index (χ0) is 13.3. The van der Waals surface area contributed by atoms with E-state index in [0.29, 0.717) is 5.41 Å². The molecule has 2 fully saturated rings. The van der Waals surface area contributed by atoms with E-state index >= 15 is 0 Å². The quantitative estimate of drug-likeness (QED) is 0.877. The number of benzene rings is 1. The molecule has 0 amide bonds. The number of nitrogens with one attached hydrogen (secondary N) is 1. The molecule has 104 valence electrons. The molecule has 1 aromatic carbocycles. The van der Waals surface area contributed by atoms with Gasteiger partial charge < -0.3 is 10.1 Å². The van der Waals surface area contributed by atoms with Gasteiger partial charge in [0, 0.05) is 24.6 Å². The molecule has 1 N–H and O–H groups in total. The van der Waals surface area contributed by atoms with Gasteiger partial charge >= 0.3 is 0 Å². The van der Waals surface area contributed by atoms with E-state index in [1.807, 2.05) is 0 Å². The van der Waals surface area contributed by atoms with Gasteiger partial charge in [0.25, 0.3) is 0 Å². The summed E-state index contributed by atoms with van der Waals surface area (Å²) in [5.74, 6) is 0. The van der Waals surface area contributed by atoms with Gasteiger partial charge in [-0.1, -0.05) is 23.8 Å². The van der Waals surface area contributed by atoms with Crippen molar-refractivity contribution in [3.63, 3.8) is 0 Å². The molecule has 0 aromatic heterocycles. The van der Waals surface area contributed by atoms with Gasteiger partial charge in [0.15, 0.2) is 0 Å². The van der Waals surface area contributed by atoms with Crippen LogP contribution in [0.1, 0.15) is 36.0 Å². The first kappa shape index (κ1) is 13.1. The first-order chi connectivity index (χ1) is 9.17. The highest BCUT2D eigenvalue weighted by Gasteiger charge is 2.36. The lowest BCUT2D eigenvalue weighted by molar-refractivity contribution is 0.149. The van der Waals surface area contributed by atoms with E-state index in [-0.39, 0.29) is 0 Å². The summed E-state index contributed by atoms with van der Waals surface area (Å²) >= 11 is 0. The maximum atomic E-state index is 5.72. The van der Waals surface area contributed by atoms with Gasteiger partial charge in [-0.3, -0.25) is 0 Å². The molecule has 1 aromatic rings. The molecule has 0 radical (unpaired) electrons. The third-order valence-electron chi connectivity index (χ3n) is 4.60. The molecule has 2 nitrogen and oxygen atoms in total. The van der Waals surface area contributed by atoms with Gasteiger partial charge in [-0.25, -0.2) is 0 Å². The van der Waals surface area contributed by atoms with Crippen molar-refractivity contribution in [3.8, 4) is 0 Å². The number of hydrogen-bond donors (Lipinski definition) is 1. The average molecular weight is 259 g/mol. The van der Waals surface area contributed by atoms with E-state index in [9.17, 15) is 0 Å². The highest BCUT2D eigenvalue weighted by atomic mass is 16.5. The normalized spacial score (nSPS) is 26.8. The molecule has 1 aliphatic heterocycles. The summed E-state index contributed by atoms with van der Waals surface area (Å²) in [5, 5.41) is 3.71. The molecular formula is C17H25NO. The van der Waals surface area contributed by atoms with Crippen molar-refractivity contribution in [2.45, 2.75) is 45.6 Å². The maximum Gasteiger partial charge on any atom is 0.0538 e. The Balaban J connectivity index is 1.74. The number of aryl methyl sites for hydroxylation is 2. The second-order valence-corrected chi connectivity index (χ2v) is 6.56. The second-order valence-electron chi connectivity index (χ2n) is 6.56. The van der Waals surface area contributed by atoms with Crippen LogP contribution in [0, 0.1) is 19.3 Å². The molecule has 19 heavy (non-hydrogen) atoms. The molecular weight excluding hydrogens is 234 g/mol. The summed E-state index contributed by atoms with van der Waals surface area (Å²) in [4.78, 5) is 0.